The maximum Gasteiger partial charge on any atom is 0.528 e. The number of carbonyl (C=O) groups excluding carboxylic acids is 1. The Balaban J connectivity index is 1.57. The van der Waals surface area contributed by atoms with Crippen molar-refractivity contribution in [2.24, 2.45) is 0 Å². The summed E-state index contributed by atoms with van der Waals surface area (Å²) in [7, 11) is 1.47. The number of hydrogen-bond acceptors (Lipinski definition) is 6. The molecular weight excluding hydrogens is 441 g/mol. The maximum atomic E-state index is 15.1. The summed E-state index contributed by atoms with van der Waals surface area (Å²) in [6.07, 6.45) is -0.506. The summed E-state index contributed by atoms with van der Waals surface area (Å²) in [5, 5.41) is 10.6. The van der Waals surface area contributed by atoms with Gasteiger partial charge in [0, 0.05) is 17.7 Å². The van der Waals surface area contributed by atoms with Gasteiger partial charge >= 0.3 is 12.1 Å². The van der Waals surface area contributed by atoms with E-state index >= 15 is 4.39 Å². The molecule has 176 valence electrons. The predicted molar refractivity (Wildman–Crippen MR) is 122 cm³/mol. The zero-order valence-corrected chi connectivity index (χ0v) is 18.6. The van der Waals surface area contributed by atoms with Crippen LogP contribution < -0.4 is 4.74 Å². The van der Waals surface area contributed by atoms with E-state index in [1.165, 1.54) is 18.2 Å². The molecule has 1 aliphatic heterocycles. The van der Waals surface area contributed by atoms with Gasteiger partial charge in [0.25, 0.3) is 0 Å². The molecule has 0 saturated carbocycles. The lowest BCUT2D eigenvalue weighted by atomic mass is 9.90. The van der Waals surface area contributed by atoms with E-state index in [0.717, 1.165) is 11.1 Å². The van der Waals surface area contributed by atoms with E-state index in [2.05, 4.69) is 0 Å². The van der Waals surface area contributed by atoms with Gasteiger partial charge in [-0.1, -0.05) is 42.5 Å². The molecule has 0 radical (unpaired) electrons. The fourth-order valence-electron chi connectivity index (χ4n) is 4.03. The second-order valence-electron chi connectivity index (χ2n) is 7.89. The van der Waals surface area contributed by atoms with Crippen LogP contribution in [0.15, 0.2) is 60.7 Å². The predicted octanol–water partition coefficient (Wildman–Crippen LogP) is 4.75. The molecule has 0 bridgehead atoms. The van der Waals surface area contributed by atoms with Crippen LogP contribution in [0.2, 0.25) is 0 Å². The Bertz CT molecular complexity index is 1200. The smallest absolute Gasteiger partial charge is 0.496 e. The van der Waals surface area contributed by atoms with Gasteiger partial charge in [0.05, 0.1) is 20.1 Å². The van der Waals surface area contributed by atoms with E-state index in [-0.39, 0.29) is 19.6 Å². The van der Waals surface area contributed by atoms with Crippen LogP contribution in [0.3, 0.4) is 0 Å². The first-order valence-corrected chi connectivity index (χ1v) is 10.8. The van der Waals surface area contributed by atoms with Crippen molar-refractivity contribution in [1.29, 1.82) is 0 Å². The Kier molecular flexibility index (Phi) is 7.08. The number of carboxylic acid groups (broad SMARTS) is 1. The van der Waals surface area contributed by atoms with Crippen molar-refractivity contribution < 1.29 is 33.4 Å². The third-order valence-electron chi connectivity index (χ3n) is 5.62. The zero-order valence-electron chi connectivity index (χ0n) is 18.6. The number of benzene rings is 3. The fraction of sp³-hybridized carbons (Fsp3) is 0.231. The van der Waals surface area contributed by atoms with Gasteiger partial charge in [-0.25, -0.2) is 9.18 Å². The number of hydrogen-bond donors (Lipinski definition) is 1. The Morgan fingerprint density at radius 1 is 1.06 bits per heavy atom. The lowest BCUT2D eigenvalue weighted by molar-refractivity contribution is -0.139. The lowest BCUT2D eigenvalue weighted by Gasteiger charge is -2.29. The highest BCUT2D eigenvalue weighted by Gasteiger charge is 2.26. The molecule has 0 atom stereocenters. The van der Waals surface area contributed by atoms with Crippen LogP contribution in [0.4, 0.5) is 9.18 Å². The number of hydroxylamine groups is 2. The van der Waals surface area contributed by atoms with Crippen LogP contribution in [0.1, 0.15) is 22.3 Å². The number of carboxylic acids is 1. The third-order valence-corrected chi connectivity index (χ3v) is 5.62. The molecule has 0 saturated heterocycles. The van der Waals surface area contributed by atoms with E-state index in [4.69, 9.17) is 19.4 Å². The molecule has 34 heavy (non-hydrogen) atoms. The Morgan fingerprint density at radius 2 is 1.85 bits per heavy atom. The van der Waals surface area contributed by atoms with Crippen LogP contribution >= 0.6 is 0 Å². The highest BCUT2D eigenvalue weighted by molar-refractivity contribution is 5.78. The lowest BCUT2D eigenvalue weighted by Crippen LogP contribution is -2.33. The Morgan fingerprint density at radius 3 is 2.59 bits per heavy atom. The summed E-state index contributed by atoms with van der Waals surface area (Å²) in [5.74, 6) is -1.04. The molecule has 8 heteroatoms. The topological polar surface area (TPSA) is 85.3 Å². The van der Waals surface area contributed by atoms with E-state index in [0.29, 0.717) is 41.0 Å². The minimum atomic E-state index is -0.986. The quantitative estimate of drug-likeness (QED) is 0.504. The first-order chi connectivity index (χ1) is 16.4. The number of methoxy groups -OCH3 is 1. The Hall–Kier alpha value is -3.91. The molecule has 3 aromatic carbocycles. The van der Waals surface area contributed by atoms with Crippen molar-refractivity contribution in [2.75, 3.05) is 13.7 Å². The van der Waals surface area contributed by atoms with Crippen molar-refractivity contribution in [3.8, 4) is 16.9 Å². The molecule has 1 N–H and O–H groups in total. The van der Waals surface area contributed by atoms with E-state index in [1.807, 2.05) is 30.3 Å². The second kappa shape index (κ2) is 10.4. The van der Waals surface area contributed by atoms with Crippen molar-refractivity contribution in [3.05, 3.63) is 88.7 Å². The maximum absolute atomic E-state index is 15.1. The van der Waals surface area contributed by atoms with Gasteiger partial charge in [0.1, 0.15) is 18.2 Å². The molecule has 4 rings (SSSR count). The van der Waals surface area contributed by atoms with Gasteiger partial charge in [-0.15, -0.1) is 5.06 Å². The molecule has 0 amide bonds. The number of halogens is 1. The van der Waals surface area contributed by atoms with Gasteiger partial charge in [-0.05, 0) is 46.9 Å². The molecule has 0 aromatic heterocycles. The van der Waals surface area contributed by atoms with Crippen LogP contribution in [-0.2, 0) is 40.4 Å². The van der Waals surface area contributed by atoms with Gasteiger partial charge in [0.15, 0.2) is 0 Å². The summed E-state index contributed by atoms with van der Waals surface area (Å²) in [6.45, 7) is 0.654. The molecule has 1 heterocycles. The molecule has 0 unspecified atom stereocenters. The van der Waals surface area contributed by atoms with E-state index in [1.54, 1.807) is 24.3 Å². The molecule has 0 spiro atoms. The average molecular weight is 465 g/mol. The Labute approximate surface area is 196 Å². The van der Waals surface area contributed by atoms with Crippen molar-refractivity contribution in [1.82, 2.24) is 5.06 Å². The van der Waals surface area contributed by atoms with Crippen molar-refractivity contribution in [2.45, 2.75) is 26.0 Å². The standard InChI is InChI=1S/C26H24FNO6/c1-32-23-10-7-18(14-24(29)30)13-20(23)25-21-15-28(12-11-19(21)8-9-22(25)27)34-26(31)33-16-17-5-3-2-4-6-17/h2-10,13H,11-12,14-16H2,1H3,(H,29,30). The molecule has 0 fully saturated rings. The van der Waals surface area contributed by atoms with Crippen LogP contribution in [0, 0.1) is 5.82 Å². The van der Waals surface area contributed by atoms with E-state index < -0.39 is 17.9 Å². The van der Waals surface area contributed by atoms with Crippen LogP contribution in [-0.4, -0.2) is 35.9 Å². The van der Waals surface area contributed by atoms with Gasteiger partial charge in [0.2, 0.25) is 0 Å². The summed E-state index contributed by atoms with van der Waals surface area (Å²) in [6, 6.07) is 17.2. The minimum Gasteiger partial charge on any atom is -0.496 e. The number of ether oxygens (including phenoxy) is 2. The summed E-state index contributed by atoms with van der Waals surface area (Å²) < 4.78 is 25.8. The monoisotopic (exact) mass is 465 g/mol. The van der Waals surface area contributed by atoms with Gasteiger partial charge in [-0.2, -0.15) is 0 Å². The third kappa shape index (κ3) is 5.35. The highest BCUT2D eigenvalue weighted by Crippen LogP contribution is 2.38. The van der Waals surface area contributed by atoms with Crippen LogP contribution in [0.25, 0.3) is 11.1 Å². The number of nitrogens with zero attached hydrogens (tertiary/aromatic N) is 1. The second-order valence-corrected chi connectivity index (χ2v) is 7.89. The number of fused-ring (bicyclic) bond motifs is 1. The minimum absolute atomic E-state index is 0.0809. The fourth-order valence-corrected chi connectivity index (χ4v) is 4.03. The largest absolute Gasteiger partial charge is 0.528 e. The summed E-state index contributed by atoms with van der Waals surface area (Å²) >= 11 is 0. The molecule has 1 aliphatic rings. The molecule has 3 aromatic rings. The average Bonchev–Trinajstić information content (AvgIpc) is 2.83. The molecular formula is C26H24FNO6. The molecule has 0 aliphatic carbocycles. The number of carbonyl (C=O) groups is 2. The molecule has 7 nitrogen and oxygen atoms in total. The first-order valence-electron chi connectivity index (χ1n) is 10.8. The van der Waals surface area contributed by atoms with E-state index in [9.17, 15) is 9.59 Å². The number of rotatable bonds is 7. The van der Waals surface area contributed by atoms with Crippen molar-refractivity contribution >= 4 is 12.1 Å². The van der Waals surface area contributed by atoms with Crippen molar-refractivity contribution in [3.63, 3.8) is 0 Å². The van der Waals surface area contributed by atoms with Gasteiger partial charge in [-0.3, -0.25) is 4.79 Å². The van der Waals surface area contributed by atoms with Gasteiger partial charge < -0.3 is 19.4 Å². The highest BCUT2D eigenvalue weighted by atomic mass is 19.1. The first kappa shape index (κ1) is 23.3. The number of aliphatic carboxylic acids is 1. The summed E-state index contributed by atoms with van der Waals surface area (Å²) in [5.41, 5.74) is 3.67. The van der Waals surface area contributed by atoms with Crippen LogP contribution in [0.5, 0.6) is 5.75 Å². The SMILES string of the molecule is COc1ccc(CC(=O)O)cc1-c1c(F)ccc2c1CN(OC(=O)OCc1ccccc1)CC2. The normalized spacial score (nSPS) is 13.1. The zero-order chi connectivity index (χ0) is 24.1. The summed E-state index contributed by atoms with van der Waals surface area (Å²) in [4.78, 5) is 28.8.